The number of alkyl halides is 2. The molecule has 1 rings (SSSR count). The summed E-state index contributed by atoms with van der Waals surface area (Å²) in [6.45, 7) is 0. The lowest BCUT2D eigenvalue weighted by molar-refractivity contribution is 0.302. The molecule has 0 N–H and O–H groups in total. The molecule has 0 fully saturated rings. The fourth-order valence-corrected chi connectivity index (χ4v) is 0.833. The first-order valence-corrected chi connectivity index (χ1v) is 3.37. The smallest absolute Gasteiger partial charge is 0.124 e. The van der Waals surface area contributed by atoms with Crippen LogP contribution in [-0.2, 0) is 11.8 Å². The quantitative estimate of drug-likeness (QED) is 0.627. The molecule has 0 bridgehead atoms. The summed E-state index contributed by atoms with van der Waals surface area (Å²) in [5.74, 6) is 0.594. The van der Waals surface area contributed by atoms with Gasteiger partial charge >= 0.3 is 0 Å². The Kier molecular flexibility index (Phi) is 2.30. The average Bonchev–Trinajstić information content (AvgIpc) is 2.33. The van der Waals surface area contributed by atoms with Crippen molar-refractivity contribution in [2.24, 2.45) is 0 Å². The molecule has 5 heteroatoms. The molecule has 0 saturated carbocycles. The predicted molar refractivity (Wildman–Crippen MR) is 33.4 cm³/mol. The molecule has 0 aliphatic rings. The van der Waals surface area contributed by atoms with E-state index in [2.05, 4.69) is 14.9 Å². The van der Waals surface area contributed by atoms with E-state index in [4.69, 9.17) is 23.2 Å². The first-order valence-electron chi connectivity index (χ1n) is 2.30. The molecule has 0 saturated heterocycles. The topological polar surface area (TPSA) is 38.9 Å². The van der Waals surface area contributed by atoms with Crippen molar-refractivity contribution >= 4 is 23.2 Å². The fourth-order valence-electron chi connectivity index (χ4n) is 0.427. The van der Waals surface area contributed by atoms with E-state index in [-0.39, 0.29) is 0 Å². The van der Waals surface area contributed by atoms with Gasteiger partial charge in [0.1, 0.15) is 11.4 Å². The Morgan fingerprint density at radius 2 is 1.56 bits per heavy atom. The molecule has 0 unspecified atom stereocenters. The molecule has 1 heterocycles. The van der Waals surface area contributed by atoms with Crippen LogP contribution in [-0.4, -0.2) is 10.3 Å². The average molecular weight is 167 g/mol. The second-order valence-corrected chi connectivity index (χ2v) is 1.96. The second kappa shape index (κ2) is 3.03. The summed E-state index contributed by atoms with van der Waals surface area (Å²) in [5, 5.41) is 7.01. The summed E-state index contributed by atoms with van der Waals surface area (Å²) in [6.07, 6.45) is 0. The maximum absolute atomic E-state index is 5.43. The summed E-state index contributed by atoms with van der Waals surface area (Å²) in [7, 11) is 0. The van der Waals surface area contributed by atoms with Crippen molar-refractivity contribution in [2.75, 3.05) is 0 Å². The number of rotatable bonds is 2. The Morgan fingerprint density at radius 3 is 1.89 bits per heavy atom. The maximum Gasteiger partial charge on any atom is 0.124 e. The van der Waals surface area contributed by atoms with Gasteiger partial charge in [0.2, 0.25) is 0 Å². The monoisotopic (exact) mass is 166 g/mol. The zero-order valence-electron chi connectivity index (χ0n) is 4.47. The van der Waals surface area contributed by atoms with Crippen LogP contribution in [0.1, 0.15) is 11.4 Å². The molecule has 1 aromatic heterocycles. The van der Waals surface area contributed by atoms with Gasteiger partial charge in [0.15, 0.2) is 0 Å². The summed E-state index contributed by atoms with van der Waals surface area (Å²) in [5.41, 5.74) is 1.23. The van der Waals surface area contributed by atoms with E-state index in [1.165, 1.54) is 0 Å². The molecule has 0 amide bonds. The highest BCUT2D eigenvalue weighted by Gasteiger charge is 2.05. The van der Waals surface area contributed by atoms with Gasteiger partial charge in [-0.05, 0) is 0 Å². The van der Waals surface area contributed by atoms with Crippen LogP contribution in [0.2, 0.25) is 0 Å². The second-order valence-electron chi connectivity index (χ2n) is 1.42. The Labute approximate surface area is 61.9 Å². The molecule has 1 aromatic rings. The van der Waals surface area contributed by atoms with Gasteiger partial charge < -0.3 is 0 Å². The van der Waals surface area contributed by atoms with Gasteiger partial charge in [-0.15, -0.1) is 23.2 Å². The van der Waals surface area contributed by atoms with Gasteiger partial charge in [0.05, 0.1) is 11.8 Å². The molecule has 9 heavy (non-hydrogen) atoms. The minimum Gasteiger partial charge on any atom is -0.244 e. The number of aromatic nitrogens is 2. The molecule has 0 aromatic carbocycles. The molecular formula is C4H4Cl2N2O. The van der Waals surface area contributed by atoms with Crippen molar-refractivity contribution in [3.63, 3.8) is 0 Å². The lowest BCUT2D eigenvalue weighted by Crippen LogP contribution is -1.84. The summed E-state index contributed by atoms with van der Waals surface area (Å²) in [6, 6.07) is 0. The maximum atomic E-state index is 5.43. The highest BCUT2D eigenvalue weighted by molar-refractivity contribution is 6.18. The van der Waals surface area contributed by atoms with Crippen LogP contribution in [0.15, 0.2) is 4.63 Å². The van der Waals surface area contributed by atoms with E-state index in [1.54, 1.807) is 0 Å². The van der Waals surface area contributed by atoms with Gasteiger partial charge in [-0.1, -0.05) is 10.3 Å². The van der Waals surface area contributed by atoms with E-state index in [0.717, 1.165) is 0 Å². The lowest BCUT2D eigenvalue weighted by atomic mass is 10.4. The highest BCUT2D eigenvalue weighted by atomic mass is 35.5. The van der Waals surface area contributed by atoms with Crippen molar-refractivity contribution in [3.8, 4) is 0 Å². The fraction of sp³-hybridized carbons (Fsp3) is 0.500. The van der Waals surface area contributed by atoms with Crippen LogP contribution in [0.4, 0.5) is 0 Å². The molecule has 0 atom stereocenters. The SMILES string of the molecule is ClCc1nonc1CCl. The van der Waals surface area contributed by atoms with Crippen molar-refractivity contribution in [2.45, 2.75) is 11.8 Å². The van der Waals surface area contributed by atoms with Crippen LogP contribution in [0.3, 0.4) is 0 Å². The van der Waals surface area contributed by atoms with Crippen LogP contribution in [0.5, 0.6) is 0 Å². The molecule has 50 valence electrons. The van der Waals surface area contributed by atoms with E-state index < -0.39 is 0 Å². The highest BCUT2D eigenvalue weighted by Crippen LogP contribution is 2.07. The standard InChI is InChI=1S/C4H4Cl2N2O/c5-1-3-4(2-6)8-9-7-3/h1-2H2. The van der Waals surface area contributed by atoms with Crippen molar-refractivity contribution in [1.29, 1.82) is 0 Å². The molecule has 0 aliphatic carbocycles. The van der Waals surface area contributed by atoms with E-state index in [9.17, 15) is 0 Å². The Bertz CT molecular complexity index is 170. The minimum absolute atomic E-state index is 0.297. The first kappa shape index (κ1) is 6.83. The van der Waals surface area contributed by atoms with Gasteiger partial charge in [0.25, 0.3) is 0 Å². The van der Waals surface area contributed by atoms with Crippen molar-refractivity contribution < 1.29 is 4.63 Å². The van der Waals surface area contributed by atoms with Crippen LogP contribution in [0, 0.1) is 0 Å². The molecule has 0 spiro atoms. The Balaban J connectivity index is 2.85. The number of halogens is 2. The van der Waals surface area contributed by atoms with E-state index in [1.807, 2.05) is 0 Å². The van der Waals surface area contributed by atoms with Crippen molar-refractivity contribution in [1.82, 2.24) is 10.3 Å². The van der Waals surface area contributed by atoms with Gasteiger partial charge in [-0.3, -0.25) is 0 Å². The molecular weight excluding hydrogens is 163 g/mol. The predicted octanol–water partition coefficient (Wildman–Crippen LogP) is 1.55. The third-order valence-corrected chi connectivity index (χ3v) is 1.39. The van der Waals surface area contributed by atoms with Gasteiger partial charge in [-0.2, -0.15) is 0 Å². The Morgan fingerprint density at radius 1 is 1.11 bits per heavy atom. The number of nitrogens with zero attached hydrogens (tertiary/aromatic N) is 2. The Hall–Kier alpha value is -0.280. The zero-order valence-corrected chi connectivity index (χ0v) is 5.98. The van der Waals surface area contributed by atoms with Crippen LogP contribution < -0.4 is 0 Å². The normalized spacial score (nSPS) is 10.0. The third-order valence-electron chi connectivity index (χ3n) is 0.888. The van der Waals surface area contributed by atoms with E-state index >= 15 is 0 Å². The zero-order chi connectivity index (χ0) is 6.69. The molecule has 0 aliphatic heterocycles. The summed E-state index contributed by atoms with van der Waals surface area (Å²) < 4.78 is 4.36. The summed E-state index contributed by atoms with van der Waals surface area (Å²) in [4.78, 5) is 0. The lowest BCUT2D eigenvalue weighted by Gasteiger charge is -1.83. The van der Waals surface area contributed by atoms with Crippen LogP contribution >= 0.6 is 23.2 Å². The summed E-state index contributed by atoms with van der Waals surface area (Å²) >= 11 is 10.9. The first-order chi connectivity index (χ1) is 4.38. The van der Waals surface area contributed by atoms with Crippen molar-refractivity contribution in [3.05, 3.63) is 11.4 Å². The van der Waals surface area contributed by atoms with Gasteiger partial charge in [0, 0.05) is 0 Å². The van der Waals surface area contributed by atoms with Gasteiger partial charge in [-0.25, -0.2) is 4.63 Å². The van der Waals surface area contributed by atoms with Crippen LogP contribution in [0.25, 0.3) is 0 Å². The molecule has 3 nitrogen and oxygen atoms in total. The largest absolute Gasteiger partial charge is 0.244 e. The molecule has 0 radical (unpaired) electrons. The van der Waals surface area contributed by atoms with E-state index in [0.29, 0.717) is 23.1 Å². The number of hydrogen-bond acceptors (Lipinski definition) is 3. The third kappa shape index (κ3) is 1.34. The number of hydrogen-bond donors (Lipinski definition) is 0. The minimum atomic E-state index is 0.297.